The fourth-order valence-electron chi connectivity index (χ4n) is 1.31. The second kappa shape index (κ2) is 5.54. The zero-order valence-electron chi connectivity index (χ0n) is 9.51. The Morgan fingerprint density at radius 2 is 2.33 bits per heavy atom. The molecule has 2 aromatic rings. The predicted octanol–water partition coefficient (Wildman–Crippen LogP) is 2.11. The standard InChI is InChI=1S/C11H10FN3O2S/c1-17-10-9(12)2-7(3-13-10)4-14-11-15-5-8(6-16)18-11/h2-3,5-6H,4H2,1H3,(H,14,15). The molecule has 0 radical (unpaired) electrons. The fraction of sp³-hybridized carbons (Fsp3) is 0.182. The molecule has 0 aliphatic heterocycles. The molecule has 2 aromatic heterocycles. The molecule has 1 N–H and O–H groups in total. The molecule has 0 saturated heterocycles. The molecule has 0 aliphatic rings. The number of nitrogens with zero attached hydrogens (tertiary/aromatic N) is 2. The first-order valence-electron chi connectivity index (χ1n) is 5.06. The van der Waals surface area contributed by atoms with Crippen molar-refractivity contribution in [3.8, 4) is 5.88 Å². The Morgan fingerprint density at radius 1 is 1.50 bits per heavy atom. The number of carbonyl (C=O) groups excluding carboxylic acids is 1. The molecule has 5 nitrogen and oxygen atoms in total. The molecule has 2 rings (SSSR count). The number of anilines is 1. The van der Waals surface area contributed by atoms with E-state index in [0.29, 0.717) is 22.1 Å². The van der Waals surface area contributed by atoms with Gasteiger partial charge in [0.15, 0.2) is 17.2 Å². The topological polar surface area (TPSA) is 64.1 Å². The van der Waals surface area contributed by atoms with Crippen molar-refractivity contribution in [2.24, 2.45) is 0 Å². The van der Waals surface area contributed by atoms with Crippen molar-refractivity contribution >= 4 is 22.8 Å². The van der Waals surface area contributed by atoms with Gasteiger partial charge in [-0.25, -0.2) is 14.4 Å². The average Bonchev–Trinajstić information content (AvgIpc) is 2.84. The third kappa shape index (κ3) is 2.80. The van der Waals surface area contributed by atoms with Crippen molar-refractivity contribution in [1.82, 2.24) is 9.97 Å². The lowest BCUT2D eigenvalue weighted by Crippen LogP contribution is -2.01. The van der Waals surface area contributed by atoms with Gasteiger partial charge >= 0.3 is 0 Å². The maximum Gasteiger partial charge on any atom is 0.250 e. The summed E-state index contributed by atoms with van der Waals surface area (Å²) in [4.78, 5) is 18.8. The number of nitrogens with one attached hydrogen (secondary N) is 1. The fourth-order valence-corrected chi connectivity index (χ4v) is 1.94. The van der Waals surface area contributed by atoms with Crippen LogP contribution in [0.25, 0.3) is 0 Å². The van der Waals surface area contributed by atoms with Crippen molar-refractivity contribution in [1.29, 1.82) is 0 Å². The van der Waals surface area contributed by atoms with Crippen molar-refractivity contribution in [3.05, 3.63) is 34.7 Å². The van der Waals surface area contributed by atoms with E-state index in [9.17, 15) is 9.18 Å². The van der Waals surface area contributed by atoms with Gasteiger partial charge in [-0.1, -0.05) is 11.3 Å². The molecule has 0 fully saturated rings. The number of hydrogen-bond donors (Lipinski definition) is 1. The van der Waals surface area contributed by atoms with Crippen LogP contribution in [0.5, 0.6) is 5.88 Å². The van der Waals surface area contributed by atoms with E-state index >= 15 is 0 Å². The minimum Gasteiger partial charge on any atom is -0.479 e. The quantitative estimate of drug-likeness (QED) is 0.840. The Hall–Kier alpha value is -2.02. The van der Waals surface area contributed by atoms with Gasteiger partial charge in [-0.05, 0) is 11.6 Å². The van der Waals surface area contributed by atoms with Gasteiger partial charge in [-0.2, -0.15) is 0 Å². The highest BCUT2D eigenvalue weighted by atomic mass is 32.1. The molecular weight excluding hydrogens is 257 g/mol. The second-order valence-corrected chi connectivity index (χ2v) is 4.44. The molecule has 94 valence electrons. The van der Waals surface area contributed by atoms with Crippen molar-refractivity contribution in [2.45, 2.75) is 6.54 Å². The Labute approximate surface area is 107 Å². The number of ether oxygens (including phenoxy) is 1. The maximum atomic E-state index is 13.4. The Morgan fingerprint density at radius 3 is 2.94 bits per heavy atom. The predicted molar refractivity (Wildman–Crippen MR) is 65.6 cm³/mol. The number of methoxy groups -OCH3 is 1. The largest absolute Gasteiger partial charge is 0.479 e. The Kier molecular flexibility index (Phi) is 3.83. The summed E-state index contributed by atoms with van der Waals surface area (Å²) in [5.41, 5.74) is 0.663. The summed E-state index contributed by atoms with van der Waals surface area (Å²) in [5.74, 6) is -0.541. The zero-order valence-corrected chi connectivity index (χ0v) is 10.3. The van der Waals surface area contributed by atoms with Gasteiger partial charge in [-0.15, -0.1) is 0 Å². The number of carbonyl (C=O) groups is 1. The van der Waals surface area contributed by atoms with Gasteiger partial charge < -0.3 is 10.1 Å². The van der Waals surface area contributed by atoms with Crippen LogP contribution in [0.4, 0.5) is 9.52 Å². The molecule has 7 heteroatoms. The van der Waals surface area contributed by atoms with Crippen LogP contribution >= 0.6 is 11.3 Å². The van der Waals surface area contributed by atoms with Crippen LogP contribution in [0.2, 0.25) is 0 Å². The van der Waals surface area contributed by atoms with E-state index in [-0.39, 0.29) is 5.88 Å². The summed E-state index contributed by atoms with van der Waals surface area (Å²) in [6.45, 7) is 0.375. The maximum absolute atomic E-state index is 13.4. The third-order valence-corrected chi connectivity index (χ3v) is 3.02. The number of pyridine rings is 1. The molecule has 18 heavy (non-hydrogen) atoms. The Balaban J connectivity index is 2.01. The van der Waals surface area contributed by atoms with E-state index in [1.165, 1.54) is 36.9 Å². The molecule has 0 atom stereocenters. The van der Waals surface area contributed by atoms with Gasteiger partial charge in [0.2, 0.25) is 5.88 Å². The van der Waals surface area contributed by atoms with E-state index < -0.39 is 5.82 Å². The van der Waals surface area contributed by atoms with Crippen molar-refractivity contribution in [2.75, 3.05) is 12.4 Å². The van der Waals surface area contributed by atoms with Gasteiger partial charge in [0, 0.05) is 12.7 Å². The molecule has 2 heterocycles. The van der Waals surface area contributed by atoms with E-state index in [1.807, 2.05) is 0 Å². The molecule has 0 spiro atoms. The SMILES string of the molecule is COc1ncc(CNc2ncc(C=O)s2)cc1F. The lowest BCUT2D eigenvalue weighted by Gasteiger charge is -2.04. The second-order valence-electron chi connectivity index (χ2n) is 3.37. The van der Waals surface area contributed by atoms with Crippen LogP contribution in [0.1, 0.15) is 15.2 Å². The van der Waals surface area contributed by atoms with Crippen LogP contribution < -0.4 is 10.1 Å². The first-order chi connectivity index (χ1) is 8.72. The van der Waals surface area contributed by atoms with E-state index in [0.717, 1.165) is 6.29 Å². The zero-order chi connectivity index (χ0) is 13.0. The first kappa shape index (κ1) is 12.4. The van der Waals surface area contributed by atoms with E-state index in [1.54, 1.807) is 0 Å². The monoisotopic (exact) mass is 267 g/mol. The molecule has 0 saturated carbocycles. The van der Waals surface area contributed by atoms with Gasteiger partial charge in [0.25, 0.3) is 0 Å². The van der Waals surface area contributed by atoms with Crippen LogP contribution in [0, 0.1) is 5.82 Å². The molecule has 0 bridgehead atoms. The van der Waals surface area contributed by atoms with Crippen molar-refractivity contribution < 1.29 is 13.9 Å². The lowest BCUT2D eigenvalue weighted by atomic mass is 10.3. The summed E-state index contributed by atoms with van der Waals surface area (Å²) < 4.78 is 18.1. The molecular formula is C11H10FN3O2S. The molecule has 0 aliphatic carbocycles. The van der Waals surface area contributed by atoms with Crippen molar-refractivity contribution in [3.63, 3.8) is 0 Å². The number of halogens is 1. The summed E-state index contributed by atoms with van der Waals surface area (Å²) >= 11 is 1.23. The minimum atomic E-state index is -0.510. The summed E-state index contributed by atoms with van der Waals surface area (Å²) in [6.07, 6.45) is 3.73. The third-order valence-electron chi connectivity index (χ3n) is 2.14. The number of aromatic nitrogens is 2. The minimum absolute atomic E-state index is 0.0313. The molecule has 0 aromatic carbocycles. The highest BCUT2D eigenvalue weighted by molar-refractivity contribution is 7.17. The first-order valence-corrected chi connectivity index (χ1v) is 5.88. The smallest absolute Gasteiger partial charge is 0.250 e. The normalized spacial score (nSPS) is 10.1. The number of hydrogen-bond acceptors (Lipinski definition) is 6. The van der Waals surface area contributed by atoms with Gasteiger partial charge in [0.1, 0.15) is 0 Å². The molecule has 0 unspecified atom stereocenters. The van der Waals surface area contributed by atoms with Crippen LogP contribution in [0.15, 0.2) is 18.5 Å². The van der Waals surface area contributed by atoms with Gasteiger partial charge in [0.05, 0.1) is 18.2 Å². The summed E-state index contributed by atoms with van der Waals surface area (Å²) in [5, 5.41) is 3.59. The highest BCUT2D eigenvalue weighted by Gasteiger charge is 2.06. The van der Waals surface area contributed by atoms with Crippen LogP contribution in [0.3, 0.4) is 0 Å². The summed E-state index contributed by atoms with van der Waals surface area (Å²) in [6, 6.07) is 1.34. The van der Waals surface area contributed by atoms with E-state index in [2.05, 4.69) is 15.3 Å². The lowest BCUT2D eigenvalue weighted by molar-refractivity contribution is 0.112. The average molecular weight is 267 g/mol. The van der Waals surface area contributed by atoms with Crippen LogP contribution in [-0.2, 0) is 6.54 Å². The number of aldehydes is 1. The number of thiazole rings is 1. The summed E-state index contributed by atoms with van der Waals surface area (Å²) in [7, 11) is 1.36. The van der Waals surface area contributed by atoms with Gasteiger partial charge in [-0.3, -0.25) is 4.79 Å². The Bertz CT molecular complexity index is 559. The highest BCUT2D eigenvalue weighted by Crippen LogP contribution is 2.18. The van der Waals surface area contributed by atoms with E-state index in [4.69, 9.17) is 4.74 Å². The molecule has 0 amide bonds. The number of rotatable bonds is 5. The van der Waals surface area contributed by atoms with Crippen LogP contribution in [-0.4, -0.2) is 23.4 Å².